The lowest BCUT2D eigenvalue weighted by molar-refractivity contribution is -0.145. The Bertz CT molecular complexity index is 277. The largest absolute Gasteiger partial charge is 0.463 e. The molecular weight excluding hydrogens is 160 g/mol. The predicted octanol–water partition coefficient (Wildman–Crippen LogP) is 1.24. The Balaban J connectivity index is 2.14. The van der Waals surface area contributed by atoms with Crippen molar-refractivity contribution in [1.82, 2.24) is 0 Å². The molecule has 0 bridgehead atoms. The van der Waals surface area contributed by atoms with Crippen molar-refractivity contribution in [3.8, 4) is 0 Å². The number of carbonyl (C=O) groups is 1. The van der Waals surface area contributed by atoms with Crippen molar-refractivity contribution in [3.05, 3.63) is 24.2 Å². The Kier molecular flexibility index (Phi) is 1.62. The van der Waals surface area contributed by atoms with Gasteiger partial charge in [-0.05, 0) is 19.1 Å². The molecule has 4 heteroatoms. The molecule has 64 valence electrons. The van der Waals surface area contributed by atoms with E-state index in [-0.39, 0.29) is 5.97 Å². The Morgan fingerprint density at radius 3 is 2.83 bits per heavy atom. The average molecular weight is 168 g/mol. The molecule has 12 heavy (non-hydrogen) atoms. The van der Waals surface area contributed by atoms with Gasteiger partial charge in [0.15, 0.2) is 11.9 Å². The van der Waals surface area contributed by atoms with Gasteiger partial charge in [-0.3, -0.25) is 0 Å². The van der Waals surface area contributed by atoms with Crippen LogP contribution in [0.3, 0.4) is 0 Å². The van der Waals surface area contributed by atoms with Gasteiger partial charge in [-0.15, -0.1) is 0 Å². The number of esters is 1. The summed E-state index contributed by atoms with van der Waals surface area (Å²) in [5.74, 6) is 0.170. The van der Waals surface area contributed by atoms with Crippen molar-refractivity contribution >= 4 is 5.97 Å². The second kappa shape index (κ2) is 2.64. The highest BCUT2D eigenvalue weighted by atomic mass is 16.8. The van der Waals surface area contributed by atoms with Gasteiger partial charge >= 0.3 is 5.97 Å². The standard InChI is InChI=1S/C8H8O4/c1-5-7(9)12-8(11-5)6-3-2-4-10-6/h2-5,8H,1H3. The van der Waals surface area contributed by atoms with E-state index >= 15 is 0 Å². The van der Waals surface area contributed by atoms with Crippen LogP contribution in [0.15, 0.2) is 22.8 Å². The Morgan fingerprint density at radius 1 is 1.50 bits per heavy atom. The molecule has 2 rings (SSSR count). The fourth-order valence-corrected chi connectivity index (χ4v) is 1.02. The number of hydrogen-bond acceptors (Lipinski definition) is 4. The molecule has 0 aliphatic carbocycles. The lowest BCUT2D eigenvalue weighted by Gasteiger charge is -2.03. The van der Waals surface area contributed by atoms with Crippen molar-refractivity contribution in [2.75, 3.05) is 0 Å². The Morgan fingerprint density at radius 2 is 2.33 bits per heavy atom. The summed E-state index contributed by atoms with van der Waals surface area (Å²) in [7, 11) is 0. The maximum atomic E-state index is 10.9. The van der Waals surface area contributed by atoms with Crippen LogP contribution in [0, 0.1) is 0 Å². The van der Waals surface area contributed by atoms with Crippen LogP contribution in [0.2, 0.25) is 0 Å². The molecule has 2 unspecified atom stereocenters. The molecule has 2 atom stereocenters. The summed E-state index contributed by atoms with van der Waals surface area (Å²) in [5.41, 5.74) is 0. The molecule has 1 aliphatic heterocycles. The summed E-state index contributed by atoms with van der Waals surface area (Å²) in [4.78, 5) is 10.9. The van der Waals surface area contributed by atoms with E-state index in [1.165, 1.54) is 6.26 Å². The summed E-state index contributed by atoms with van der Waals surface area (Å²) in [6, 6.07) is 3.42. The monoisotopic (exact) mass is 168 g/mol. The van der Waals surface area contributed by atoms with Crippen molar-refractivity contribution in [1.29, 1.82) is 0 Å². The molecule has 1 aliphatic rings. The molecular formula is C8H8O4. The fourth-order valence-electron chi connectivity index (χ4n) is 1.02. The lowest BCUT2D eigenvalue weighted by atomic mass is 10.4. The first-order chi connectivity index (χ1) is 5.77. The van der Waals surface area contributed by atoms with Crippen LogP contribution in [-0.2, 0) is 14.3 Å². The molecule has 1 aromatic rings. The van der Waals surface area contributed by atoms with Crippen molar-refractivity contribution < 1.29 is 18.7 Å². The zero-order valence-corrected chi connectivity index (χ0v) is 6.52. The van der Waals surface area contributed by atoms with Crippen LogP contribution in [0.4, 0.5) is 0 Å². The molecule has 0 N–H and O–H groups in total. The molecule has 0 amide bonds. The van der Waals surface area contributed by atoms with Gasteiger partial charge in [0, 0.05) is 0 Å². The molecule has 1 fully saturated rings. The smallest absolute Gasteiger partial charge is 0.337 e. The first-order valence-corrected chi connectivity index (χ1v) is 3.67. The van der Waals surface area contributed by atoms with Crippen molar-refractivity contribution in [2.45, 2.75) is 19.3 Å². The van der Waals surface area contributed by atoms with Gasteiger partial charge in [0.2, 0.25) is 0 Å². The summed E-state index contributed by atoms with van der Waals surface area (Å²) in [6.07, 6.45) is 0.345. The normalized spacial score (nSPS) is 28.9. The zero-order chi connectivity index (χ0) is 8.55. The highest BCUT2D eigenvalue weighted by Crippen LogP contribution is 2.27. The first kappa shape index (κ1) is 7.36. The fraction of sp³-hybridized carbons (Fsp3) is 0.375. The number of cyclic esters (lactones) is 1. The third-order valence-electron chi connectivity index (χ3n) is 1.66. The third-order valence-corrected chi connectivity index (χ3v) is 1.66. The van der Waals surface area contributed by atoms with Crippen LogP contribution < -0.4 is 0 Å². The van der Waals surface area contributed by atoms with E-state index in [2.05, 4.69) is 0 Å². The lowest BCUT2D eigenvalue weighted by Crippen LogP contribution is -2.09. The van der Waals surface area contributed by atoms with Gasteiger partial charge in [0.05, 0.1) is 6.26 Å². The van der Waals surface area contributed by atoms with Crippen LogP contribution in [-0.4, -0.2) is 12.1 Å². The number of hydrogen-bond donors (Lipinski definition) is 0. The van der Waals surface area contributed by atoms with Crippen molar-refractivity contribution in [3.63, 3.8) is 0 Å². The number of rotatable bonds is 1. The second-order valence-corrected chi connectivity index (χ2v) is 2.56. The molecule has 2 heterocycles. The summed E-state index contributed by atoms with van der Waals surface area (Å²) in [6.45, 7) is 1.64. The molecule has 0 radical (unpaired) electrons. The van der Waals surface area contributed by atoms with Gasteiger partial charge < -0.3 is 13.9 Å². The number of furan rings is 1. The van der Waals surface area contributed by atoms with E-state index < -0.39 is 12.4 Å². The average Bonchev–Trinajstić information content (AvgIpc) is 2.61. The van der Waals surface area contributed by atoms with Crippen LogP contribution in [0.5, 0.6) is 0 Å². The van der Waals surface area contributed by atoms with Gasteiger partial charge in [-0.2, -0.15) is 0 Å². The summed E-state index contributed by atoms with van der Waals surface area (Å²) in [5, 5.41) is 0. The maximum absolute atomic E-state index is 10.9. The van der Waals surface area contributed by atoms with E-state index in [1.807, 2.05) is 0 Å². The van der Waals surface area contributed by atoms with E-state index in [1.54, 1.807) is 19.1 Å². The number of carbonyl (C=O) groups excluding carboxylic acids is 1. The minimum absolute atomic E-state index is 0.351. The minimum Gasteiger partial charge on any atom is -0.463 e. The quantitative estimate of drug-likeness (QED) is 0.592. The highest BCUT2D eigenvalue weighted by Gasteiger charge is 2.34. The summed E-state index contributed by atoms with van der Waals surface area (Å²) < 4.78 is 15.0. The van der Waals surface area contributed by atoms with Crippen LogP contribution in [0.1, 0.15) is 19.0 Å². The van der Waals surface area contributed by atoms with Gasteiger partial charge in [-0.25, -0.2) is 4.79 Å². The molecule has 1 saturated heterocycles. The SMILES string of the molecule is CC1OC(c2ccco2)OC1=O. The van der Waals surface area contributed by atoms with Crippen LogP contribution >= 0.6 is 0 Å². The number of ether oxygens (including phenoxy) is 2. The van der Waals surface area contributed by atoms with E-state index in [4.69, 9.17) is 13.9 Å². The first-order valence-electron chi connectivity index (χ1n) is 3.67. The second-order valence-electron chi connectivity index (χ2n) is 2.56. The molecule has 4 nitrogen and oxygen atoms in total. The van der Waals surface area contributed by atoms with Crippen molar-refractivity contribution in [2.24, 2.45) is 0 Å². The predicted molar refractivity (Wildman–Crippen MR) is 38.1 cm³/mol. The molecule has 0 saturated carbocycles. The Hall–Kier alpha value is -1.29. The molecule has 1 aromatic heterocycles. The highest BCUT2D eigenvalue weighted by molar-refractivity contribution is 5.75. The Labute approximate surface area is 69.1 Å². The zero-order valence-electron chi connectivity index (χ0n) is 6.52. The van der Waals surface area contributed by atoms with E-state index in [9.17, 15) is 4.79 Å². The topological polar surface area (TPSA) is 48.7 Å². The van der Waals surface area contributed by atoms with Gasteiger partial charge in [0.1, 0.15) is 0 Å². The minimum atomic E-state index is -0.664. The van der Waals surface area contributed by atoms with Crippen LogP contribution in [0.25, 0.3) is 0 Å². The van der Waals surface area contributed by atoms with Gasteiger partial charge in [-0.1, -0.05) is 0 Å². The van der Waals surface area contributed by atoms with E-state index in [0.717, 1.165) is 0 Å². The molecule has 0 spiro atoms. The van der Waals surface area contributed by atoms with Gasteiger partial charge in [0.25, 0.3) is 6.29 Å². The maximum Gasteiger partial charge on any atom is 0.337 e. The third kappa shape index (κ3) is 1.10. The van der Waals surface area contributed by atoms with E-state index in [0.29, 0.717) is 5.76 Å². The molecule has 0 aromatic carbocycles. The summed E-state index contributed by atoms with van der Waals surface area (Å²) >= 11 is 0.